The van der Waals surface area contributed by atoms with Gasteiger partial charge in [0, 0.05) is 12.5 Å². The van der Waals surface area contributed by atoms with Crippen LogP contribution in [0.1, 0.15) is 12.0 Å². The van der Waals surface area contributed by atoms with Crippen molar-refractivity contribution < 1.29 is 4.79 Å². The molecule has 0 heterocycles. The molecular weight excluding hydrogens is 250 g/mol. The molecule has 0 aliphatic rings. The molecule has 4 nitrogen and oxygen atoms in total. The van der Waals surface area contributed by atoms with Crippen LogP contribution in [-0.2, 0) is 11.2 Å². The molecule has 1 amide bonds. The number of guanidine groups is 1. The summed E-state index contributed by atoms with van der Waals surface area (Å²) in [5.41, 5.74) is 7.42. The van der Waals surface area contributed by atoms with Crippen LogP contribution >= 0.6 is 0 Å². The molecule has 2 aromatic rings. The first-order chi connectivity index (χ1) is 9.74. The Hall–Kier alpha value is -2.80. The van der Waals surface area contributed by atoms with Crippen molar-refractivity contribution in [1.29, 1.82) is 0 Å². The highest BCUT2D eigenvalue weighted by atomic mass is 16.1. The summed E-state index contributed by atoms with van der Waals surface area (Å²) >= 11 is 0. The van der Waals surface area contributed by atoms with Gasteiger partial charge in [0.15, 0.2) is 0 Å². The minimum atomic E-state index is -0.151. The molecule has 0 unspecified atom stereocenters. The van der Waals surface area contributed by atoms with Crippen LogP contribution in [0.25, 0.3) is 0 Å². The number of carbonyl (C=O) groups excluding carboxylic acids is 1. The third kappa shape index (κ3) is 4.46. The van der Waals surface area contributed by atoms with Gasteiger partial charge in [-0.2, -0.15) is 0 Å². The van der Waals surface area contributed by atoms with Crippen molar-refractivity contribution in [2.45, 2.75) is 12.8 Å². The molecule has 4 heteroatoms. The summed E-state index contributed by atoms with van der Waals surface area (Å²) in [5.74, 6) is -0.0655. The fourth-order valence-corrected chi connectivity index (χ4v) is 1.68. The highest BCUT2D eigenvalue weighted by Gasteiger charge is 2.03. The van der Waals surface area contributed by atoms with E-state index >= 15 is 0 Å². The van der Waals surface area contributed by atoms with E-state index in [2.05, 4.69) is 22.4 Å². The van der Waals surface area contributed by atoms with E-state index in [9.17, 15) is 4.79 Å². The molecule has 0 saturated heterocycles. The van der Waals surface area contributed by atoms with Gasteiger partial charge in [-0.05, 0) is 24.1 Å². The molecule has 0 bridgehead atoms. The summed E-state index contributed by atoms with van der Waals surface area (Å²) in [6.07, 6.45) is 1.04. The van der Waals surface area contributed by atoms with Crippen molar-refractivity contribution >= 4 is 17.6 Å². The molecule has 0 spiro atoms. The first kappa shape index (κ1) is 13.6. The van der Waals surface area contributed by atoms with Gasteiger partial charge in [-0.3, -0.25) is 10.1 Å². The predicted molar refractivity (Wildman–Crippen MR) is 78.3 cm³/mol. The number of benzene rings is 1. The Kier molecular flexibility index (Phi) is 4.74. The highest BCUT2D eigenvalue weighted by Crippen LogP contribution is 2.06. The lowest BCUT2D eigenvalue weighted by Crippen LogP contribution is -2.36. The molecule has 2 rings (SSSR count). The van der Waals surface area contributed by atoms with Crippen LogP contribution in [-0.4, -0.2) is 11.9 Å². The Bertz CT molecular complexity index is 579. The summed E-state index contributed by atoms with van der Waals surface area (Å²) in [6, 6.07) is 20.4. The monoisotopic (exact) mass is 265 g/mol. The molecule has 0 aliphatic carbocycles. The zero-order valence-corrected chi connectivity index (χ0v) is 11.0. The third-order valence-corrected chi connectivity index (χ3v) is 2.64. The van der Waals surface area contributed by atoms with Gasteiger partial charge in [0.05, 0.1) is 5.69 Å². The molecule has 0 fully saturated rings. The normalized spacial score (nSPS) is 10.7. The zero-order chi connectivity index (χ0) is 14.2. The number of nitrogens with zero attached hydrogens (tertiary/aromatic N) is 1. The van der Waals surface area contributed by atoms with E-state index in [-0.39, 0.29) is 11.9 Å². The van der Waals surface area contributed by atoms with E-state index in [0.29, 0.717) is 18.5 Å². The van der Waals surface area contributed by atoms with Crippen molar-refractivity contribution in [3.8, 4) is 0 Å². The lowest BCUT2D eigenvalue weighted by Gasteiger charge is -2.04. The second-order valence-corrected chi connectivity index (χ2v) is 4.22. The van der Waals surface area contributed by atoms with Crippen molar-refractivity contribution in [2.24, 2.45) is 10.7 Å². The number of carbonyl (C=O) groups is 1. The number of hydrogen-bond acceptors (Lipinski definition) is 2. The third-order valence-electron chi connectivity index (χ3n) is 2.64. The maximum atomic E-state index is 11.7. The number of nitrogens with one attached hydrogen (secondary N) is 1. The minimum absolute atomic E-state index is 0.0858. The fraction of sp³-hybridized carbons (Fsp3) is 0.125. The molecule has 0 radical (unpaired) electrons. The van der Waals surface area contributed by atoms with Crippen LogP contribution in [0, 0.1) is 12.1 Å². The second kappa shape index (κ2) is 6.95. The van der Waals surface area contributed by atoms with Gasteiger partial charge in [-0.15, -0.1) is 0 Å². The molecule has 20 heavy (non-hydrogen) atoms. The van der Waals surface area contributed by atoms with E-state index < -0.39 is 0 Å². The molecule has 0 aromatic heterocycles. The smallest absolute Gasteiger partial charge is 0.226 e. The van der Waals surface area contributed by atoms with Gasteiger partial charge in [0.25, 0.3) is 0 Å². The van der Waals surface area contributed by atoms with Crippen LogP contribution in [0.5, 0.6) is 0 Å². The average molecular weight is 265 g/mol. The maximum absolute atomic E-state index is 11.7. The van der Waals surface area contributed by atoms with Gasteiger partial charge < -0.3 is 5.73 Å². The number of aryl methyl sites for hydroxylation is 1. The van der Waals surface area contributed by atoms with Gasteiger partial charge in [-0.25, -0.2) is 4.99 Å². The quantitative estimate of drug-likeness (QED) is 0.655. The lowest BCUT2D eigenvalue weighted by atomic mass is 10.1. The Morgan fingerprint density at radius 1 is 1.20 bits per heavy atom. The Morgan fingerprint density at radius 3 is 2.70 bits per heavy atom. The van der Waals surface area contributed by atoms with Crippen LogP contribution in [0.2, 0.25) is 0 Å². The first-order valence-corrected chi connectivity index (χ1v) is 6.30. The zero-order valence-electron chi connectivity index (χ0n) is 11.0. The molecule has 3 N–H and O–H groups in total. The van der Waals surface area contributed by atoms with Crippen LogP contribution < -0.4 is 11.1 Å². The Labute approximate surface area is 118 Å². The Morgan fingerprint density at radius 2 is 2.00 bits per heavy atom. The average Bonchev–Trinajstić information content (AvgIpc) is 2.47. The van der Waals surface area contributed by atoms with Gasteiger partial charge in [0.2, 0.25) is 11.9 Å². The number of hydrogen-bond donors (Lipinski definition) is 2. The summed E-state index contributed by atoms with van der Waals surface area (Å²) in [4.78, 5) is 15.8. The molecule has 2 aromatic carbocycles. The van der Waals surface area contributed by atoms with Crippen molar-refractivity contribution in [1.82, 2.24) is 5.32 Å². The van der Waals surface area contributed by atoms with Gasteiger partial charge >= 0.3 is 0 Å². The van der Waals surface area contributed by atoms with Crippen molar-refractivity contribution in [2.75, 3.05) is 0 Å². The lowest BCUT2D eigenvalue weighted by molar-refractivity contribution is -0.119. The number of nitrogens with two attached hydrogens (primary N) is 1. The van der Waals surface area contributed by atoms with E-state index in [0.717, 1.165) is 5.56 Å². The van der Waals surface area contributed by atoms with Crippen molar-refractivity contribution in [3.63, 3.8) is 0 Å². The van der Waals surface area contributed by atoms with Crippen LogP contribution in [0.3, 0.4) is 0 Å². The first-order valence-electron chi connectivity index (χ1n) is 6.30. The maximum Gasteiger partial charge on any atom is 0.226 e. The van der Waals surface area contributed by atoms with Crippen LogP contribution in [0.15, 0.2) is 53.5 Å². The number of aliphatic imine (C=N–C) groups is 1. The van der Waals surface area contributed by atoms with Gasteiger partial charge in [0.1, 0.15) is 0 Å². The molecule has 0 atom stereocenters. The van der Waals surface area contributed by atoms with E-state index in [1.165, 1.54) is 0 Å². The minimum Gasteiger partial charge on any atom is -0.369 e. The summed E-state index contributed by atoms with van der Waals surface area (Å²) in [6.45, 7) is 0. The number of rotatable bonds is 4. The summed E-state index contributed by atoms with van der Waals surface area (Å²) in [5, 5.41) is 2.56. The standard InChI is InChI=1S/C16H15N3O/c17-16(18-14-9-5-2-6-10-14)19-15(20)12-11-13-7-3-1-4-8-13/h1,3-5,7-10H,11-12H2,(H3,17,18,19,20). The second-order valence-electron chi connectivity index (χ2n) is 4.22. The predicted octanol–water partition coefficient (Wildman–Crippen LogP) is 1.98. The molecular formula is C16H15N3O. The molecule has 0 aliphatic heterocycles. The van der Waals surface area contributed by atoms with E-state index in [1.54, 1.807) is 18.2 Å². The molecule has 0 saturated carbocycles. The summed E-state index contributed by atoms with van der Waals surface area (Å²) < 4.78 is 0. The molecule has 100 valence electrons. The topological polar surface area (TPSA) is 67.5 Å². The van der Waals surface area contributed by atoms with Crippen LogP contribution in [0.4, 0.5) is 5.69 Å². The summed E-state index contributed by atoms with van der Waals surface area (Å²) in [7, 11) is 0. The van der Waals surface area contributed by atoms with Gasteiger partial charge in [-0.1, -0.05) is 42.5 Å². The largest absolute Gasteiger partial charge is 0.369 e. The highest BCUT2D eigenvalue weighted by molar-refractivity contribution is 5.97. The number of amides is 1. The fourth-order valence-electron chi connectivity index (χ4n) is 1.68. The van der Waals surface area contributed by atoms with E-state index in [1.807, 2.05) is 30.3 Å². The Balaban J connectivity index is 1.84. The SMILES string of the molecule is NC(=Nc1cc#ccc1)NC(=O)CCc1ccccc1. The van der Waals surface area contributed by atoms with E-state index in [4.69, 9.17) is 5.73 Å². The van der Waals surface area contributed by atoms with Crippen molar-refractivity contribution in [3.05, 3.63) is 66.2 Å².